The molecule has 0 aromatic heterocycles. The lowest BCUT2D eigenvalue weighted by Crippen LogP contribution is -2.75. The van der Waals surface area contributed by atoms with Crippen molar-refractivity contribution in [2.24, 2.45) is 0 Å². The number of nitrogens with one attached hydrogen (secondary N) is 1. The Balaban J connectivity index is 1.42. The molecule has 28 heavy (non-hydrogen) atoms. The molecule has 1 aromatic carbocycles. The summed E-state index contributed by atoms with van der Waals surface area (Å²) in [6.07, 6.45) is 2.55. The number of carbonyl (C=O) groups is 3. The first kappa shape index (κ1) is 17.3. The van der Waals surface area contributed by atoms with Crippen LogP contribution in [0.2, 0.25) is 0 Å². The first-order chi connectivity index (χ1) is 13.5. The molecule has 1 aromatic rings. The Labute approximate surface area is 162 Å². The molecule has 2 fully saturated rings. The van der Waals surface area contributed by atoms with E-state index < -0.39 is 51.5 Å². The minimum Gasteiger partial charge on any atom is -0.477 e. The molecule has 8 nitrogen and oxygen atoms in total. The van der Waals surface area contributed by atoms with Crippen molar-refractivity contribution in [2.75, 3.05) is 0 Å². The molecule has 4 aliphatic rings. The first-order valence-electron chi connectivity index (χ1n) is 8.84. The Morgan fingerprint density at radius 2 is 1.96 bits per heavy atom. The molecule has 144 valence electrons. The largest absolute Gasteiger partial charge is 0.477 e. The van der Waals surface area contributed by atoms with Crippen LogP contribution < -0.4 is 5.32 Å². The maximum absolute atomic E-state index is 13.1. The van der Waals surface area contributed by atoms with E-state index in [4.69, 9.17) is 4.74 Å². The van der Waals surface area contributed by atoms with Gasteiger partial charge in [0, 0.05) is 5.57 Å². The van der Waals surface area contributed by atoms with Crippen molar-refractivity contribution >= 4 is 28.6 Å². The monoisotopic (exact) mass is 400 g/mol. The lowest BCUT2D eigenvalue weighted by atomic mass is 9.94. The van der Waals surface area contributed by atoms with Gasteiger partial charge in [-0.2, -0.15) is 0 Å². The van der Waals surface area contributed by atoms with Gasteiger partial charge in [0.2, 0.25) is 5.91 Å². The molecule has 1 unspecified atom stereocenters. The number of carboxylic acids is 1. The lowest BCUT2D eigenvalue weighted by Gasteiger charge is -2.50. The van der Waals surface area contributed by atoms with Gasteiger partial charge in [-0.05, 0) is 5.56 Å². The number of carbonyl (C=O) groups excluding carboxylic acids is 2. The summed E-state index contributed by atoms with van der Waals surface area (Å²) in [5.74, 6) is -2.19. The number of β-lactam (4-membered cyclic amide) rings is 1. The van der Waals surface area contributed by atoms with Crippen molar-refractivity contribution in [3.63, 3.8) is 0 Å². The molecule has 0 saturated carbocycles. The van der Waals surface area contributed by atoms with Crippen LogP contribution in [0.25, 0.3) is 0 Å². The molecule has 0 spiro atoms. The van der Waals surface area contributed by atoms with E-state index in [-0.39, 0.29) is 18.0 Å². The molecule has 6 atom stereocenters. The number of carboxylic acid groups (broad SMARTS) is 1. The van der Waals surface area contributed by atoms with Crippen LogP contribution in [0.1, 0.15) is 5.56 Å². The third kappa shape index (κ3) is 2.33. The number of hydrogen-bond donors (Lipinski definition) is 2. The Bertz CT molecular complexity index is 987. The molecule has 0 radical (unpaired) electrons. The summed E-state index contributed by atoms with van der Waals surface area (Å²) in [7, 11) is -1.59. The molecular formula is C19H16N2O6S. The standard InChI is InChI=1S/C19H16N2O6S/c22-12(8-9-4-2-1-3-5-9)20-14-17(23)21-15(19(24)25)13-10-6-7-11(27-10)16(13)28(26)18(14)21/h1-7,10-11,14,16,18H,8H2,(H,20,22)(H,24,25)/t10-,11+,14+,16-,18+,28?/m0/s1. The van der Waals surface area contributed by atoms with Crippen molar-refractivity contribution in [3.8, 4) is 0 Å². The number of fused-ring (bicyclic) bond motifs is 6. The highest BCUT2D eigenvalue weighted by molar-refractivity contribution is 7.86. The number of ether oxygens (including phenoxy) is 1. The van der Waals surface area contributed by atoms with E-state index in [9.17, 15) is 23.7 Å². The summed E-state index contributed by atoms with van der Waals surface area (Å²) in [6.45, 7) is 0. The van der Waals surface area contributed by atoms with Crippen molar-refractivity contribution in [2.45, 2.75) is 35.3 Å². The second-order valence-corrected chi connectivity index (χ2v) is 8.72. The van der Waals surface area contributed by atoms with Crippen LogP contribution in [-0.4, -0.2) is 60.9 Å². The van der Waals surface area contributed by atoms with Gasteiger partial charge in [0.05, 0.1) is 28.6 Å². The second-order valence-electron chi connectivity index (χ2n) is 7.07. The van der Waals surface area contributed by atoms with Crippen molar-refractivity contribution in [1.29, 1.82) is 0 Å². The minimum atomic E-state index is -1.59. The zero-order valence-corrected chi connectivity index (χ0v) is 15.3. The smallest absolute Gasteiger partial charge is 0.352 e. The molecule has 4 aliphatic heterocycles. The lowest BCUT2D eigenvalue weighted by molar-refractivity contribution is -0.151. The van der Waals surface area contributed by atoms with Gasteiger partial charge >= 0.3 is 5.97 Å². The molecule has 4 heterocycles. The van der Waals surface area contributed by atoms with E-state index in [0.717, 1.165) is 10.5 Å². The van der Waals surface area contributed by atoms with Gasteiger partial charge in [0.15, 0.2) is 0 Å². The highest BCUT2D eigenvalue weighted by atomic mass is 32.2. The number of amides is 2. The number of benzene rings is 1. The van der Waals surface area contributed by atoms with Gasteiger partial charge in [-0.15, -0.1) is 0 Å². The zero-order chi connectivity index (χ0) is 19.6. The van der Waals surface area contributed by atoms with Gasteiger partial charge in [0.1, 0.15) is 23.2 Å². The molecule has 2 bridgehead atoms. The first-order valence-corrected chi connectivity index (χ1v) is 10.1. The van der Waals surface area contributed by atoms with Crippen LogP contribution in [0, 0.1) is 0 Å². The summed E-state index contributed by atoms with van der Waals surface area (Å²) in [5.41, 5.74) is 1.01. The highest BCUT2D eigenvalue weighted by Crippen LogP contribution is 2.47. The number of rotatable bonds is 4. The summed E-state index contributed by atoms with van der Waals surface area (Å²) < 4.78 is 18.8. The van der Waals surface area contributed by atoms with Crippen LogP contribution >= 0.6 is 0 Å². The molecule has 2 amide bonds. The Hall–Kier alpha value is -2.78. The Kier molecular flexibility index (Phi) is 3.78. The quantitative estimate of drug-likeness (QED) is 0.530. The summed E-state index contributed by atoms with van der Waals surface area (Å²) in [6, 6.07) is 8.04. The van der Waals surface area contributed by atoms with Crippen LogP contribution in [0.15, 0.2) is 53.8 Å². The van der Waals surface area contributed by atoms with Crippen LogP contribution in [-0.2, 0) is 36.3 Å². The van der Waals surface area contributed by atoms with Gasteiger partial charge < -0.3 is 15.2 Å². The topological polar surface area (TPSA) is 113 Å². The van der Waals surface area contributed by atoms with Crippen LogP contribution in [0.4, 0.5) is 0 Å². The van der Waals surface area contributed by atoms with E-state index in [1.54, 1.807) is 24.3 Å². The Morgan fingerprint density at radius 1 is 1.21 bits per heavy atom. The van der Waals surface area contributed by atoms with Gasteiger partial charge in [-0.25, -0.2) is 4.79 Å². The average molecular weight is 400 g/mol. The van der Waals surface area contributed by atoms with E-state index >= 15 is 0 Å². The average Bonchev–Trinajstić information content (AvgIpc) is 3.29. The summed E-state index contributed by atoms with van der Waals surface area (Å²) in [5, 5.41) is 10.8. The van der Waals surface area contributed by atoms with Crippen molar-refractivity contribution < 1.29 is 28.4 Å². The number of aliphatic carboxylic acids is 1. The van der Waals surface area contributed by atoms with Gasteiger partial charge in [-0.3, -0.25) is 18.7 Å². The molecule has 2 N–H and O–H groups in total. The predicted octanol–water partition coefficient (Wildman–Crippen LogP) is -0.311. The molecule has 9 heteroatoms. The highest BCUT2D eigenvalue weighted by Gasteiger charge is 2.64. The zero-order valence-electron chi connectivity index (χ0n) is 14.5. The van der Waals surface area contributed by atoms with Crippen molar-refractivity contribution in [1.82, 2.24) is 10.2 Å². The summed E-state index contributed by atoms with van der Waals surface area (Å²) in [4.78, 5) is 37.9. The maximum atomic E-state index is 13.1. The second kappa shape index (κ2) is 6.11. The SMILES string of the molecule is O=C(Cc1ccccc1)N[C@@H]1C(=O)N2C(C(=O)O)=C3[C@@H]4C=C[C@@H](O4)[C@@H]3S(=O)[C@H]12. The fraction of sp³-hybridized carbons (Fsp3) is 0.316. The van der Waals surface area contributed by atoms with E-state index in [0.29, 0.717) is 5.57 Å². The van der Waals surface area contributed by atoms with Crippen LogP contribution in [0.3, 0.4) is 0 Å². The number of hydrogen-bond acceptors (Lipinski definition) is 5. The van der Waals surface area contributed by atoms with Gasteiger partial charge in [0.25, 0.3) is 5.91 Å². The number of nitrogens with zero attached hydrogens (tertiary/aromatic N) is 1. The van der Waals surface area contributed by atoms with Gasteiger partial charge in [-0.1, -0.05) is 42.5 Å². The molecule has 0 aliphatic carbocycles. The maximum Gasteiger partial charge on any atom is 0.352 e. The fourth-order valence-corrected chi connectivity index (χ4v) is 6.37. The molecular weight excluding hydrogens is 384 g/mol. The van der Waals surface area contributed by atoms with Crippen LogP contribution in [0.5, 0.6) is 0 Å². The van der Waals surface area contributed by atoms with E-state index in [2.05, 4.69) is 5.32 Å². The van der Waals surface area contributed by atoms with Crippen molar-refractivity contribution in [3.05, 3.63) is 59.3 Å². The Morgan fingerprint density at radius 3 is 2.68 bits per heavy atom. The van der Waals surface area contributed by atoms with E-state index in [1.807, 2.05) is 18.2 Å². The van der Waals surface area contributed by atoms with E-state index in [1.165, 1.54) is 0 Å². The minimum absolute atomic E-state index is 0.0802. The third-order valence-electron chi connectivity index (χ3n) is 5.46. The molecule has 5 rings (SSSR count). The third-order valence-corrected chi connectivity index (χ3v) is 7.44. The molecule has 2 saturated heterocycles. The predicted molar refractivity (Wildman–Crippen MR) is 97.1 cm³/mol. The fourth-order valence-electron chi connectivity index (χ4n) is 4.28. The normalized spacial score (nSPS) is 34.7. The summed E-state index contributed by atoms with van der Waals surface area (Å²) >= 11 is 0.